The van der Waals surface area contributed by atoms with Crippen LogP contribution < -0.4 is 5.32 Å². The number of hydrogen-bond donors (Lipinski definition) is 1. The van der Waals surface area contributed by atoms with Crippen molar-refractivity contribution in [1.82, 2.24) is 5.32 Å². The average molecular weight is 307 g/mol. The minimum Gasteiger partial charge on any atom is -0.459 e. The lowest BCUT2D eigenvalue weighted by Crippen LogP contribution is -2.23. The molecule has 1 rings (SSSR count). The third kappa shape index (κ3) is 9.64. The number of carbonyl (C=O) groups is 1. The van der Waals surface area contributed by atoms with Gasteiger partial charge >= 0.3 is 0 Å². The summed E-state index contributed by atoms with van der Waals surface area (Å²) in [6, 6.07) is 3.43. The Morgan fingerprint density at radius 2 is 1.45 bits per heavy atom. The molecule has 1 amide bonds. The largest absolute Gasteiger partial charge is 0.459 e. The van der Waals surface area contributed by atoms with Crippen molar-refractivity contribution in [2.75, 3.05) is 6.54 Å². The summed E-state index contributed by atoms with van der Waals surface area (Å²) in [6.45, 7) is 3.01. The highest BCUT2D eigenvalue weighted by atomic mass is 16.3. The van der Waals surface area contributed by atoms with E-state index in [0.717, 1.165) is 13.0 Å². The number of rotatable bonds is 14. The van der Waals surface area contributed by atoms with E-state index in [9.17, 15) is 4.79 Å². The molecule has 0 atom stereocenters. The zero-order chi connectivity index (χ0) is 15.9. The van der Waals surface area contributed by atoms with Crippen LogP contribution in [-0.4, -0.2) is 12.5 Å². The van der Waals surface area contributed by atoms with Crippen LogP contribution in [0, 0.1) is 0 Å². The van der Waals surface area contributed by atoms with Gasteiger partial charge in [0.2, 0.25) is 0 Å². The highest BCUT2D eigenvalue weighted by molar-refractivity contribution is 5.91. The minimum atomic E-state index is -0.104. The zero-order valence-corrected chi connectivity index (χ0v) is 14.2. The van der Waals surface area contributed by atoms with Gasteiger partial charge in [0.1, 0.15) is 0 Å². The topological polar surface area (TPSA) is 42.2 Å². The van der Waals surface area contributed by atoms with Crippen molar-refractivity contribution in [3.05, 3.63) is 24.2 Å². The summed E-state index contributed by atoms with van der Waals surface area (Å²) in [4.78, 5) is 11.6. The van der Waals surface area contributed by atoms with Gasteiger partial charge in [0, 0.05) is 6.54 Å². The van der Waals surface area contributed by atoms with Crippen molar-refractivity contribution in [2.45, 2.75) is 84.0 Å². The van der Waals surface area contributed by atoms with Crippen LogP contribution in [0.1, 0.15) is 94.5 Å². The molecule has 0 aliphatic rings. The molecule has 0 aliphatic carbocycles. The molecule has 1 N–H and O–H groups in total. The van der Waals surface area contributed by atoms with Crippen LogP contribution in [0.25, 0.3) is 0 Å². The lowest BCUT2D eigenvalue weighted by atomic mass is 10.1. The maximum atomic E-state index is 11.6. The molecule has 1 aromatic heterocycles. The second-order valence-corrected chi connectivity index (χ2v) is 6.12. The Morgan fingerprint density at radius 3 is 1.95 bits per heavy atom. The Hall–Kier alpha value is -1.25. The van der Waals surface area contributed by atoms with Gasteiger partial charge < -0.3 is 9.73 Å². The maximum absolute atomic E-state index is 11.6. The fourth-order valence-electron chi connectivity index (χ4n) is 2.66. The van der Waals surface area contributed by atoms with Crippen LogP contribution in [0.5, 0.6) is 0 Å². The first-order valence-electron chi connectivity index (χ1n) is 9.16. The lowest BCUT2D eigenvalue weighted by Gasteiger charge is -2.04. The second kappa shape index (κ2) is 13.4. The summed E-state index contributed by atoms with van der Waals surface area (Å²) in [6.07, 6.45) is 17.6. The van der Waals surface area contributed by atoms with E-state index in [1.54, 1.807) is 12.1 Å². The minimum absolute atomic E-state index is 0.104. The highest BCUT2D eigenvalue weighted by Crippen LogP contribution is 2.11. The molecule has 0 fully saturated rings. The molecule has 0 saturated carbocycles. The van der Waals surface area contributed by atoms with E-state index < -0.39 is 0 Å². The summed E-state index contributed by atoms with van der Waals surface area (Å²) < 4.78 is 5.05. The molecule has 0 unspecified atom stereocenters. The van der Waals surface area contributed by atoms with Crippen molar-refractivity contribution in [2.24, 2.45) is 0 Å². The van der Waals surface area contributed by atoms with Gasteiger partial charge in [0.15, 0.2) is 5.76 Å². The smallest absolute Gasteiger partial charge is 0.286 e. The molecule has 3 nitrogen and oxygen atoms in total. The highest BCUT2D eigenvalue weighted by Gasteiger charge is 2.06. The fourth-order valence-corrected chi connectivity index (χ4v) is 2.66. The number of furan rings is 1. The summed E-state index contributed by atoms with van der Waals surface area (Å²) in [5.74, 6) is 0.298. The van der Waals surface area contributed by atoms with Gasteiger partial charge in [-0.05, 0) is 18.6 Å². The average Bonchev–Trinajstić information content (AvgIpc) is 3.06. The molecule has 3 heteroatoms. The first kappa shape index (κ1) is 18.8. The third-order valence-corrected chi connectivity index (χ3v) is 4.06. The van der Waals surface area contributed by atoms with E-state index in [2.05, 4.69) is 12.2 Å². The molecule has 1 heterocycles. The predicted octanol–water partition coefficient (Wildman–Crippen LogP) is 5.71. The standard InChI is InChI=1S/C19H33NO2/c1-2-3-4-5-6-7-8-9-10-11-12-13-16-20-19(21)18-15-14-17-22-18/h14-15,17H,2-13,16H2,1H3,(H,20,21). The molecule has 0 spiro atoms. The normalized spacial score (nSPS) is 10.8. The SMILES string of the molecule is CCCCCCCCCCCCCCNC(=O)c1ccco1. The predicted molar refractivity (Wildman–Crippen MR) is 92.1 cm³/mol. The second-order valence-electron chi connectivity index (χ2n) is 6.12. The number of unbranched alkanes of at least 4 members (excludes halogenated alkanes) is 11. The molecule has 0 aromatic carbocycles. The van der Waals surface area contributed by atoms with E-state index in [0.29, 0.717) is 5.76 Å². The molecule has 0 saturated heterocycles. The van der Waals surface area contributed by atoms with Crippen LogP contribution in [0.15, 0.2) is 22.8 Å². The maximum Gasteiger partial charge on any atom is 0.286 e. The molecule has 1 aromatic rings. The Balaban J connectivity index is 1.77. The van der Waals surface area contributed by atoms with E-state index in [4.69, 9.17) is 4.42 Å². The quantitative estimate of drug-likeness (QED) is 0.447. The van der Waals surface area contributed by atoms with Gasteiger partial charge in [-0.15, -0.1) is 0 Å². The van der Waals surface area contributed by atoms with Crippen LogP contribution in [-0.2, 0) is 0 Å². The first-order valence-corrected chi connectivity index (χ1v) is 9.16. The monoisotopic (exact) mass is 307 g/mol. The van der Waals surface area contributed by atoms with Crippen LogP contribution in [0.4, 0.5) is 0 Å². The van der Waals surface area contributed by atoms with E-state index in [1.807, 2.05) is 0 Å². The lowest BCUT2D eigenvalue weighted by molar-refractivity contribution is 0.0925. The van der Waals surface area contributed by atoms with Crippen molar-refractivity contribution >= 4 is 5.91 Å². The molecular formula is C19H33NO2. The number of amides is 1. The van der Waals surface area contributed by atoms with Gasteiger partial charge in [0.25, 0.3) is 5.91 Å². The van der Waals surface area contributed by atoms with E-state index in [-0.39, 0.29) is 5.91 Å². The Kier molecular flexibility index (Phi) is 11.5. The van der Waals surface area contributed by atoms with Crippen LogP contribution >= 0.6 is 0 Å². The molecule has 0 bridgehead atoms. The summed E-state index contributed by atoms with van der Waals surface area (Å²) >= 11 is 0. The first-order chi connectivity index (χ1) is 10.8. The molecule has 126 valence electrons. The van der Waals surface area contributed by atoms with Crippen molar-refractivity contribution in [3.63, 3.8) is 0 Å². The number of carbonyl (C=O) groups excluding carboxylic acids is 1. The fraction of sp³-hybridized carbons (Fsp3) is 0.737. The Morgan fingerprint density at radius 1 is 0.909 bits per heavy atom. The zero-order valence-electron chi connectivity index (χ0n) is 14.2. The number of hydrogen-bond acceptors (Lipinski definition) is 2. The Bertz CT molecular complexity index is 360. The van der Waals surface area contributed by atoms with Gasteiger partial charge in [-0.3, -0.25) is 4.79 Å². The molecule has 0 aliphatic heterocycles. The van der Waals surface area contributed by atoms with Gasteiger partial charge in [-0.2, -0.15) is 0 Å². The van der Waals surface area contributed by atoms with E-state index in [1.165, 1.54) is 76.9 Å². The van der Waals surface area contributed by atoms with Gasteiger partial charge in [-0.1, -0.05) is 77.6 Å². The summed E-state index contributed by atoms with van der Waals surface area (Å²) in [7, 11) is 0. The molecule has 0 radical (unpaired) electrons. The van der Waals surface area contributed by atoms with Crippen molar-refractivity contribution < 1.29 is 9.21 Å². The molecular weight excluding hydrogens is 274 g/mol. The van der Waals surface area contributed by atoms with Crippen LogP contribution in [0.2, 0.25) is 0 Å². The summed E-state index contributed by atoms with van der Waals surface area (Å²) in [5.41, 5.74) is 0. The number of nitrogens with one attached hydrogen (secondary N) is 1. The third-order valence-electron chi connectivity index (χ3n) is 4.06. The van der Waals surface area contributed by atoms with Crippen molar-refractivity contribution in [3.8, 4) is 0 Å². The van der Waals surface area contributed by atoms with E-state index >= 15 is 0 Å². The Labute approximate surface area is 135 Å². The van der Waals surface area contributed by atoms with Gasteiger partial charge in [-0.25, -0.2) is 0 Å². The van der Waals surface area contributed by atoms with Gasteiger partial charge in [0.05, 0.1) is 6.26 Å². The summed E-state index contributed by atoms with van der Waals surface area (Å²) in [5, 5.41) is 2.89. The molecule has 22 heavy (non-hydrogen) atoms. The van der Waals surface area contributed by atoms with Crippen LogP contribution in [0.3, 0.4) is 0 Å². The van der Waals surface area contributed by atoms with Crippen molar-refractivity contribution in [1.29, 1.82) is 0 Å².